The number of aliphatic hydroxyl groups excluding tert-OH is 1. The fourth-order valence-corrected chi connectivity index (χ4v) is 2.17. The number of para-hydroxylation sites is 1. The number of amides is 1. The number of rotatable bonds is 4. The average Bonchev–Trinajstić information content (AvgIpc) is 2.75. The molecule has 1 aliphatic heterocycles. The van der Waals surface area contributed by atoms with Crippen molar-refractivity contribution in [1.29, 1.82) is 0 Å². The zero-order chi connectivity index (χ0) is 13.0. The Bertz CT molecular complexity index is 422. The second-order valence-electron chi connectivity index (χ2n) is 4.59. The Morgan fingerprint density at radius 2 is 2.28 bits per heavy atom. The van der Waals surface area contributed by atoms with Gasteiger partial charge in [0.05, 0.1) is 12.6 Å². The highest BCUT2D eigenvalue weighted by molar-refractivity contribution is 5.93. The highest BCUT2D eigenvalue weighted by atomic mass is 16.3. The van der Waals surface area contributed by atoms with Crippen molar-refractivity contribution in [3.63, 3.8) is 0 Å². The lowest BCUT2D eigenvalue weighted by molar-refractivity contribution is -0.117. The Hall–Kier alpha value is -1.43. The Morgan fingerprint density at radius 1 is 1.50 bits per heavy atom. The maximum atomic E-state index is 11.9. The van der Waals surface area contributed by atoms with Crippen molar-refractivity contribution in [2.24, 2.45) is 5.73 Å². The van der Waals surface area contributed by atoms with Gasteiger partial charge >= 0.3 is 0 Å². The van der Waals surface area contributed by atoms with Crippen molar-refractivity contribution in [2.75, 3.05) is 25.0 Å². The van der Waals surface area contributed by atoms with E-state index in [0.717, 1.165) is 24.2 Å². The number of hydrogen-bond acceptors (Lipinski definition) is 4. The van der Waals surface area contributed by atoms with Gasteiger partial charge < -0.3 is 16.2 Å². The van der Waals surface area contributed by atoms with Crippen LogP contribution in [-0.2, 0) is 11.3 Å². The quantitative estimate of drug-likeness (QED) is 0.710. The highest BCUT2D eigenvalue weighted by Crippen LogP contribution is 2.14. The van der Waals surface area contributed by atoms with Gasteiger partial charge in [-0.3, -0.25) is 9.69 Å². The zero-order valence-corrected chi connectivity index (χ0v) is 10.3. The van der Waals surface area contributed by atoms with Gasteiger partial charge in [-0.15, -0.1) is 0 Å². The van der Waals surface area contributed by atoms with Crippen LogP contribution in [0.3, 0.4) is 0 Å². The molecule has 98 valence electrons. The summed E-state index contributed by atoms with van der Waals surface area (Å²) in [5, 5.41) is 12.3. The largest absolute Gasteiger partial charge is 0.392 e. The fourth-order valence-electron chi connectivity index (χ4n) is 2.17. The Kier molecular flexibility index (Phi) is 4.30. The average molecular weight is 249 g/mol. The van der Waals surface area contributed by atoms with E-state index in [1.807, 2.05) is 29.2 Å². The van der Waals surface area contributed by atoms with Gasteiger partial charge in [0, 0.05) is 25.3 Å². The van der Waals surface area contributed by atoms with Crippen LogP contribution < -0.4 is 11.1 Å². The lowest BCUT2D eigenvalue weighted by Crippen LogP contribution is -2.32. The molecule has 1 aliphatic rings. The normalized spacial score (nSPS) is 20.0. The lowest BCUT2D eigenvalue weighted by Gasteiger charge is -2.15. The SMILES string of the molecule is NCc1ccccc1NC(=O)CN1CCC(O)C1. The van der Waals surface area contributed by atoms with E-state index in [2.05, 4.69) is 5.32 Å². The van der Waals surface area contributed by atoms with E-state index in [0.29, 0.717) is 19.6 Å². The number of carbonyl (C=O) groups excluding carboxylic acids is 1. The molecule has 1 amide bonds. The number of likely N-dealkylation sites (tertiary alicyclic amines) is 1. The number of nitrogens with two attached hydrogens (primary N) is 1. The van der Waals surface area contributed by atoms with Gasteiger partial charge in [-0.05, 0) is 18.1 Å². The molecular weight excluding hydrogens is 230 g/mol. The van der Waals surface area contributed by atoms with Crippen molar-refractivity contribution >= 4 is 11.6 Å². The summed E-state index contributed by atoms with van der Waals surface area (Å²) in [5.41, 5.74) is 7.31. The monoisotopic (exact) mass is 249 g/mol. The topological polar surface area (TPSA) is 78.6 Å². The molecule has 0 bridgehead atoms. The predicted octanol–water partition coefficient (Wildman–Crippen LogP) is 0.150. The minimum Gasteiger partial charge on any atom is -0.392 e. The molecule has 0 aliphatic carbocycles. The summed E-state index contributed by atoms with van der Waals surface area (Å²) in [7, 11) is 0. The van der Waals surface area contributed by atoms with Gasteiger partial charge in [-0.2, -0.15) is 0 Å². The van der Waals surface area contributed by atoms with E-state index < -0.39 is 0 Å². The summed E-state index contributed by atoms with van der Waals surface area (Å²) < 4.78 is 0. The van der Waals surface area contributed by atoms with Crippen LogP contribution in [0.5, 0.6) is 0 Å². The number of hydrogen-bond donors (Lipinski definition) is 3. The molecule has 1 saturated heterocycles. The third-order valence-corrected chi connectivity index (χ3v) is 3.13. The van der Waals surface area contributed by atoms with Crippen molar-refractivity contribution < 1.29 is 9.90 Å². The van der Waals surface area contributed by atoms with Gasteiger partial charge in [0.2, 0.25) is 5.91 Å². The number of aliphatic hydroxyl groups is 1. The third kappa shape index (κ3) is 3.29. The van der Waals surface area contributed by atoms with Crippen LogP contribution in [0.2, 0.25) is 0 Å². The van der Waals surface area contributed by atoms with Crippen LogP contribution in [0.4, 0.5) is 5.69 Å². The Balaban J connectivity index is 1.91. The minimum absolute atomic E-state index is 0.0648. The summed E-state index contributed by atoms with van der Waals surface area (Å²) >= 11 is 0. The van der Waals surface area contributed by atoms with Gasteiger partial charge in [0.25, 0.3) is 0 Å². The standard InChI is InChI=1S/C13H19N3O2/c14-7-10-3-1-2-4-12(10)15-13(18)9-16-6-5-11(17)8-16/h1-4,11,17H,5-9,14H2,(H,15,18). The molecule has 1 heterocycles. The molecule has 0 aromatic heterocycles. The summed E-state index contributed by atoms with van der Waals surface area (Å²) in [6, 6.07) is 7.51. The number of anilines is 1. The first kappa shape index (κ1) is 13.0. The van der Waals surface area contributed by atoms with E-state index in [1.165, 1.54) is 0 Å². The summed E-state index contributed by atoms with van der Waals surface area (Å²) in [6.45, 7) is 2.06. The maximum absolute atomic E-state index is 11.9. The van der Waals surface area contributed by atoms with Gasteiger partial charge in [0.1, 0.15) is 0 Å². The molecule has 1 unspecified atom stereocenters. The lowest BCUT2D eigenvalue weighted by atomic mass is 10.2. The Morgan fingerprint density at radius 3 is 2.94 bits per heavy atom. The molecule has 5 nitrogen and oxygen atoms in total. The highest BCUT2D eigenvalue weighted by Gasteiger charge is 2.22. The predicted molar refractivity (Wildman–Crippen MR) is 70.0 cm³/mol. The number of carbonyl (C=O) groups is 1. The number of β-amino-alcohol motifs (C(OH)–C–C–N with tert-alkyl or cyclic N) is 1. The molecule has 0 saturated carbocycles. The smallest absolute Gasteiger partial charge is 0.238 e. The van der Waals surface area contributed by atoms with E-state index in [-0.39, 0.29) is 12.0 Å². The molecule has 1 fully saturated rings. The minimum atomic E-state index is -0.297. The van der Waals surface area contributed by atoms with Crippen molar-refractivity contribution in [1.82, 2.24) is 4.90 Å². The van der Waals surface area contributed by atoms with Gasteiger partial charge in [0.15, 0.2) is 0 Å². The molecule has 1 aromatic rings. The van der Waals surface area contributed by atoms with E-state index in [9.17, 15) is 9.90 Å². The molecule has 1 aromatic carbocycles. The number of nitrogens with zero attached hydrogens (tertiary/aromatic N) is 1. The fraction of sp³-hybridized carbons (Fsp3) is 0.462. The summed E-state index contributed by atoms with van der Waals surface area (Å²) in [6.07, 6.45) is 0.446. The first-order valence-corrected chi connectivity index (χ1v) is 6.17. The molecule has 1 atom stereocenters. The first-order valence-electron chi connectivity index (χ1n) is 6.17. The number of nitrogens with one attached hydrogen (secondary N) is 1. The molecule has 5 heteroatoms. The van der Waals surface area contributed by atoms with Crippen LogP contribution in [0, 0.1) is 0 Å². The molecule has 4 N–H and O–H groups in total. The van der Waals surface area contributed by atoms with Crippen LogP contribution in [0.1, 0.15) is 12.0 Å². The second-order valence-corrected chi connectivity index (χ2v) is 4.59. The van der Waals surface area contributed by atoms with Crippen LogP contribution in [-0.4, -0.2) is 41.7 Å². The second kappa shape index (κ2) is 5.95. The van der Waals surface area contributed by atoms with E-state index in [1.54, 1.807) is 0 Å². The molecule has 18 heavy (non-hydrogen) atoms. The van der Waals surface area contributed by atoms with Crippen molar-refractivity contribution in [3.8, 4) is 0 Å². The van der Waals surface area contributed by atoms with Crippen molar-refractivity contribution in [3.05, 3.63) is 29.8 Å². The van der Waals surface area contributed by atoms with Crippen LogP contribution in [0.25, 0.3) is 0 Å². The van der Waals surface area contributed by atoms with Gasteiger partial charge in [-0.25, -0.2) is 0 Å². The first-order chi connectivity index (χ1) is 8.69. The van der Waals surface area contributed by atoms with E-state index >= 15 is 0 Å². The maximum Gasteiger partial charge on any atom is 0.238 e. The van der Waals surface area contributed by atoms with E-state index in [4.69, 9.17) is 5.73 Å². The summed E-state index contributed by atoms with van der Waals surface area (Å²) in [5.74, 6) is -0.0648. The van der Waals surface area contributed by atoms with Crippen LogP contribution in [0.15, 0.2) is 24.3 Å². The summed E-state index contributed by atoms with van der Waals surface area (Å²) in [4.78, 5) is 13.8. The van der Waals surface area contributed by atoms with Crippen molar-refractivity contribution in [2.45, 2.75) is 19.1 Å². The zero-order valence-electron chi connectivity index (χ0n) is 10.3. The molecular formula is C13H19N3O2. The number of benzene rings is 1. The third-order valence-electron chi connectivity index (χ3n) is 3.13. The molecule has 0 spiro atoms. The Labute approximate surface area is 107 Å². The molecule has 0 radical (unpaired) electrons. The van der Waals surface area contributed by atoms with Crippen LogP contribution >= 0.6 is 0 Å². The molecule has 2 rings (SSSR count). The van der Waals surface area contributed by atoms with Gasteiger partial charge in [-0.1, -0.05) is 18.2 Å².